The van der Waals surface area contributed by atoms with Gasteiger partial charge in [-0.3, -0.25) is 9.36 Å². The van der Waals surface area contributed by atoms with Crippen molar-refractivity contribution in [3.8, 4) is 11.4 Å². The molecule has 2 aliphatic heterocycles. The second kappa shape index (κ2) is 10.3. The molecule has 2 aliphatic rings. The molecule has 0 aliphatic carbocycles. The van der Waals surface area contributed by atoms with E-state index in [1.54, 1.807) is 29.0 Å². The third-order valence-corrected chi connectivity index (χ3v) is 7.50. The molecular weight excluding hydrogens is 486 g/mol. The fourth-order valence-corrected chi connectivity index (χ4v) is 5.27. The molecule has 0 radical (unpaired) electrons. The van der Waals surface area contributed by atoms with E-state index in [4.69, 9.17) is 16.3 Å². The van der Waals surface area contributed by atoms with E-state index in [0.29, 0.717) is 34.8 Å². The highest BCUT2D eigenvalue weighted by atomic mass is 35.5. The third kappa shape index (κ3) is 5.34. The number of piperidine rings is 1. The molecule has 192 valence electrons. The first-order chi connectivity index (χ1) is 17.3. The Balaban J connectivity index is 1.38. The van der Waals surface area contributed by atoms with Crippen molar-refractivity contribution in [1.29, 1.82) is 0 Å². The number of alkyl halides is 2. The number of carbonyl (C=O) groups is 1. The van der Waals surface area contributed by atoms with Crippen molar-refractivity contribution in [2.75, 3.05) is 32.8 Å². The van der Waals surface area contributed by atoms with Crippen molar-refractivity contribution in [3.63, 3.8) is 0 Å². The second-order valence-electron chi connectivity index (χ2n) is 9.80. The van der Waals surface area contributed by atoms with Gasteiger partial charge in [0.1, 0.15) is 17.1 Å². The Morgan fingerprint density at radius 2 is 1.92 bits per heavy atom. The number of carbonyl (C=O) groups excluding carboxylic acids is 1. The Hall–Kier alpha value is -2.71. The van der Waals surface area contributed by atoms with Crippen molar-refractivity contribution in [3.05, 3.63) is 53.3 Å². The van der Waals surface area contributed by atoms with E-state index < -0.39 is 5.92 Å². The highest BCUT2D eigenvalue weighted by Crippen LogP contribution is 2.31. The van der Waals surface area contributed by atoms with Gasteiger partial charge in [0.25, 0.3) is 11.8 Å². The molecule has 0 bridgehead atoms. The van der Waals surface area contributed by atoms with E-state index in [9.17, 15) is 13.6 Å². The summed E-state index contributed by atoms with van der Waals surface area (Å²) in [5, 5.41) is 1.33. The van der Waals surface area contributed by atoms with Gasteiger partial charge < -0.3 is 14.5 Å². The van der Waals surface area contributed by atoms with Crippen LogP contribution < -0.4 is 4.74 Å². The molecule has 0 N–H and O–H groups in total. The van der Waals surface area contributed by atoms with Crippen LogP contribution in [0.5, 0.6) is 5.75 Å². The average molecular weight is 517 g/mol. The zero-order chi connectivity index (χ0) is 25.3. The molecule has 6 nitrogen and oxygen atoms in total. The predicted molar refractivity (Wildman–Crippen MR) is 137 cm³/mol. The lowest BCUT2D eigenvalue weighted by Gasteiger charge is -2.31. The Kier molecular flexibility index (Phi) is 7.17. The first-order valence-corrected chi connectivity index (χ1v) is 13.0. The molecule has 36 heavy (non-hydrogen) atoms. The zero-order valence-electron chi connectivity index (χ0n) is 20.4. The number of aromatic nitrogens is 2. The number of ether oxygens (including phenoxy) is 1. The fourth-order valence-electron chi connectivity index (χ4n) is 5.14. The van der Waals surface area contributed by atoms with Crippen LogP contribution in [0.25, 0.3) is 16.7 Å². The number of fused-ring (bicyclic) bond motifs is 1. The van der Waals surface area contributed by atoms with Crippen LogP contribution in [0.15, 0.2) is 42.6 Å². The fraction of sp³-hybridized carbons (Fsp3) is 0.481. The van der Waals surface area contributed by atoms with Gasteiger partial charge in [0.05, 0.1) is 12.8 Å². The largest absolute Gasteiger partial charge is 0.492 e. The lowest BCUT2D eigenvalue weighted by molar-refractivity contribution is -0.0495. The van der Waals surface area contributed by atoms with Gasteiger partial charge in [-0.15, -0.1) is 0 Å². The van der Waals surface area contributed by atoms with E-state index >= 15 is 0 Å². The van der Waals surface area contributed by atoms with Gasteiger partial charge in [0.15, 0.2) is 0 Å². The molecule has 1 atom stereocenters. The summed E-state index contributed by atoms with van der Waals surface area (Å²) in [6, 6.07) is 11.4. The van der Waals surface area contributed by atoms with E-state index in [1.165, 1.54) is 17.7 Å². The second-order valence-corrected chi connectivity index (χ2v) is 10.2. The van der Waals surface area contributed by atoms with Gasteiger partial charge in [0.2, 0.25) is 0 Å². The van der Waals surface area contributed by atoms with Crippen LogP contribution in [0.2, 0.25) is 5.02 Å². The third-order valence-electron chi connectivity index (χ3n) is 7.25. The Labute approximate surface area is 214 Å². The van der Waals surface area contributed by atoms with Gasteiger partial charge >= 0.3 is 0 Å². The summed E-state index contributed by atoms with van der Waals surface area (Å²) >= 11 is 6.08. The Bertz CT molecular complexity index is 1220. The predicted octanol–water partition coefficient (Wildman–Crippen LogP) is 5.80. The van der Waals surface area contributed by atoms with Crippen LogP contribution >= 0.6 is 11.6 Å². The number of benzene rings is 1. The molecule has 5 rings (SSSR count). The summed E-state index contributed by atoms with van der Waals surface area (Å²) < 4.78 is 35.1. The molecule has 4 heterocycles. The minimum atomic E-state index is -2.72. The monoisotopic (exact) mass is 516 g/mol. The van der Waals surface area contributed by atoms with Crippen LogP contribution in [0, 0.1) is 0 Å². The number of hydrogen-bond acceptors (Lipinski definition) is 4. The lowest BCUT2D eigenvalue weighted by Crippen LogP contribution is -2.43. The minimum Gasteiger partial charge on any atom is -0.492 e. The molecule has 1 aromatic carbocycles. The number of nitrogens with zero attached hydrogens (tertiary/aromatic N) is 4. The Morgan fingerprint density at radius 3 is 2.61 bits per heavy atom. The Morgan fingerprint density at radius 1 is 1.17 bits per heavy atom. The van der Waals surface area contributed by atoms with Gasteiger partial charge in [-0.1, -0.05) is 11.6 Å². The topological polar surface area (TPSA) is 50.6 Å². The average Bonchev–Trinajstić information content (AvgIpc) is 3.45. The maximum absolute atomic E-state index is 13.7. The summed E-state index contributed by atoms with van der Waals surface area (Å²) in [6.45, 7) is 5.06. The van der Waals surface area contributed by atoms with E-state index in [2.05, 4.69) is 16.8 Å². The van der Waals surface area contributed by atoms with Gasteiger partial charge in [-0.25, -0.2) is 13.8 Å². The van der Waals surface area contributed by atoms with E-state index in [0.717, 1.165) is 30.6 Å². The number of halogens is 3. The standard InChI is InChI=1S/C27H31ClF2N4O2/c1-19-4-2-11-32(19)12-3-15-36-23-16-20-17-24(26(35)33-13-9-27(29,30)10-14-33)34(25(20)31-18-23)22-7-5-21(28)6-8-22/h5-8,16-19H,2-4,9-15H2,1H3/t19-/m1/s1. The summed E-state index contributed by atoms with van der Waals surface area (Å²) in [7, 11) is 0. The van der Waals surface area contributed by atoms with Crippen LogP contribution in [0.1, 0.15) is 49.5 Å². The molecule has 2 fully saturated rings. The normalized spacial score (nSPS) is 20.2. The summed E-state index contributed by atoms with van der Waals surface area (Å²) in [4.78, 5) is 22.1. The molecule has 2 saturated heterocycles. The first-order valence-electron chi connectivity index (χ1n) is 12.6. The van der Waals surface area contributed by atoms with Gasteiger partial charge in [-0.05, 0) is 69.1 Å². The SMILES string of the molecule is C[C@@H]1CCCN1CCCOc1cnc2c(c1)cc(C(=O)N1CCC(F)(F)CC1)n2-c1ccc(Cl)cc1. The lowest BCUT2D eigenvalue weighted by atomic mass is 10.1. The van der Waals surface area contributed by atoms with Crippen molar-refractivity contribution in [2.45, 2.75) is 51.0 Å². The number of rotatable bonds is 7. The van der Waals surface area contributed by atoms with Gasteiger partial charge in [-0.2, -0.15) is 0 Å². The van der Waals surface area contributed by atoms with Crippen molar-refractivity contribution < 1.29 is 18.3 Å². The molecule has 3 aromatic rings. The molecule has 0 spiro atoms. The van der Waals surface area contributed by atoms with E-state index in [1.807, 2.05) is 18.2 Å². The highest BCUT2D eigenvalue weighted by Gasteiger charge is 2.36. The maximum Gasteiger partial charge on any atom is 0.270 e. The molecule has 0 unspecified atom stereocenters. The molecule has 2 aromatic heterocycles. The maximum atomic E-state index is 13.7. The zero-order valence-corrected chi connectivity index (χ0v) is 21.2. The molecule has 0 saturated carbocycles. The molecular formula is C27H31ClF2N4O2. The first kappa shape index (κ1) is 25.0. The minimum absolute atomic E-state index is 0.0192. The van der Waals surface area contributed by atoms with Crippen molar-refractivity contribution >= 4 is 28.5 Å². The van der Waals surface area contributed by atoms with E-state index in [-0.39, 0.29) is 31.8 Å². The molecule has 1 amide bonds. The van der Waals surface area contributed by atoms with Crippen LogP contribution in [0.4, 0.5) is 8.78 Å². The van der Waals surface area contributed by atoms with Crippen LogP contribution in [-0.4, -0.2) is 70.0 Å². The quantitative estimate of drug-likeness (QED) is 0.372. The highest BCUT2D eigenvalue weighted by molar-refractivity contribution is 6.30. The molecule has 9 heteroatoms. The van der Waals surface area contributed by atoms with Gasteiger partial charge in [0, 0.05) is 54.6 Å². The smallest absolute Gasteiger partial charge is 0.270 e. The van der Waals surface area contributed by atoms with Crippen molar-refractivity contribution in [2.24, 2.45) is 0 Å². The number of amides is 1. The summed E-state index contributed by atoms with van der Waals surface area (Å²) in [6.07, 6.45) is 4.46. The summed E-state index contributed by atoms with van der Waals surface area (Å²) in [5.41, 5.74) is 1.70. The summed E-state index contributed by atoms with van der Waals surface area (Å²) in [5.74, 6) is -2.37. The van der Waals surface area contributed by atoms with Crippen LogP contribution in [-0.2, 0) is 0 Å². The number of pyridine rings is 1. The number of likely N-dealkylation sites (tertiary alicyclic amines) is 2. The van der Waals surface area contributed by atoms with Crippen molar-refractivity contribution in [1.82, 2.24) is 19.4 Å². The number of hydrogen-bond donors (Lipinski definition) is 0. The van der Waals surface area contributed by atoms with Crippen LogP contribution in [0.3, 0.4) is 0 Å².